The van der Waals surface area contributed by atoms with Crippen LogP contribution in [0.3, 0.4) is 0 Å². The molecule has 0 nitrogen and oxygen atoms in total. The highest BCUT2D eigenvalue weighted by Crippen LogP contribution is 2.22. The first-order valence-electron chi connectivity index (χ1n) is 6.49. The van der Waals surface area contributed by atoms with Gasteiger partial charge in [-0.05, 0) is 34.2 Å². The van der Waals surface area contributed by atoms with Gasteiger partial charge in [0.05, 0.1) is 0 Å². The zero-order chi connectivity index (χ0) is 13.9. The Morgan fingerprint density at radius 1 is 0.737 bits per heavy atom. The molecule has 0 heterocycles. The number of rotatable bonds is 2. The van der Waals surface area contributed by atoms with E-state index >= 15 is 0 Å². The predicted octanol–water partition coefficient (Wildman–Crippen LogP) is 5.92. The van der Waals surface area contributed by atoms with Crippen LogP contribution in [-0.2, 0) is 5.41 Å². The van der Waals surface area contributed by atoms with Crippen LogP contribution in [0.4, 0.5) is 0 Å². The number of benzene rings is 2. The van der Waals surface area contributed by atoms with Gasteiger partial charge < -0.3 is 0 Å². The van der Waals surface area contributed by atoms with Crippen LogP contribution in [0.15, 0.2) is 53.0 Å². The van der Waals surface area contributed by atoms with Crippen molar-refractivity contribution >= 4 is 28.1 Å². The van der Waals surface area contributed by atoms with E-state index < -0.39 is 0 Å². The third-order valence-corrected chi connectivity index (χ3v) is 3.64. The smallest absolute Gasteiger partial charge is 0.0175 e. The largest absolute Gasteiger partial charge is 0.0579 e. The summed E-state index contributed by atoms with van der Waals surface area (Å²) >= 11 is 3.44. The second-order valence-corrected chi connectivity index (χ2v) is 6.67. The Kier molecular flexibility index (Phi) is 4.26. The van der Waals surface area contributed by atoms with E-state index in [2.05, 4.69) is 97.4 Å². The van der Waals surface area contributed by atoms with Gasteiger partial charge in [-0.15, -0.1) is 0 Å². The van der Waals surface area contributed by atoms with Gasteiger partial charge in [0.15, 0.2) is 0 Å². The molecule has 19 heavy (non-hydrogen) atoms. The lowest BCUT2D eigenvalue weighted by molar-refractivity contribution is 0.590. The summed E-state index contributed by atoms with van der Waals surface area (Å²) in [6, 6.07) is 17.1. The van der Waals surface area contributed by atoms with E-state index in [1.54, 1.807) is 0 Å². The van der Waals surface area contributed by atoms with Crippen molar-refractivity contribution in [2.45, 2.75) is 26.2 Å². The van der Waals surface area contributed by atoms with Crippen LogP contribution in [-0.4, -0.2) is 0 Å². The molecule has 0 N–H and O–H groups in total. The van der Waals surface area contributed by atoms with Gasteiger partial charge in [0.2, 0.25) is 0 Å². The molecule has 0 unspecified atom stereocenters. The van der Waals surface area contributed by atoms with Crippen LogP contribution in [0.25, 0.3) is 12.2 Å². The second kappa shape index (κ2) is 5.75. The highest BCUT2D eigenvalue weighted by Gasteiger charge is 2.12. The normalized spacial score (nSPS) is 12.0. The summed E-state index contributed by atoms with van der Waals surface area (Å²) in [5, 5.41) is 0. The molecule has 2 rings (SSSR count). The molecule has 0 spiro atoms. The standard InChI is InChI=1S/C18H19Br/c1-18(2,3)16-10-6-14(7-11-16)4-5-15-8-12-17(19)13-9-15/h4-13H,1-3H3. The van der Waals surface area contributed by atoms with Crippen LogP contribution < -0.4 is 0 Å². The molecule has 0 bridgehead atoms. The Hall–Kier alpha value is -1.34. The number of hydrogen-bond acceptors (Lipinski definition) is 0. The topological polar surface area (TPSA) is 0 Å². The molecule has 0 radical (unpaired) electrons. The lowest BCUT2D eigenvalue weighted by Crippen LogP contribution is -2.10. The lowest BCUT2D eigenvalue weighted by Gasteiger charge is -2.18. The second-order valence-electron chi connectivity index (χ2n) is 5.76. The molecule has 0 aromatic heterocycles. The fraction of sp³-hybridized carbons (Fsp3) is 0.222. The van der Waals surface area contributed by atoms with Gasteiger partial charge in [-0.1, -0.05) is 85.3 Å². The first-order chi connectivity index (χ1) is 8.95. The first-order valence-corrected chi connectivity index (χ1v) is 7.29. The average Bonchev–Trinajstić information content (AvgIpc) is 2.37. The summed E-state index contributed by atoms with van der Waals surface area (Å²) < 4.78 is 1.11. The fourth-order valence-electron chi connectivity index (χ4n) is 1.86. The summed E-state index contributed by atoms with van der Waals surface area (Å²) in [4.78, 5) is 0. The summed E-state index contributed by atoms with van der Waals surface area (Å²) in [5.74, 6) is 0. The Morgan fingerprint density at radius 2 is 1.16 bits per heavy atom. The van der Waals surface area contributed by atoms with Gasteiger partial charge in [-0.2, -0.15) is 0 Å². The van der Waals surface area contributed by atoms with Gasteiger partial charge in [0.25, 0.3) is 0 Å². The van der Waals surface area contributed by atoms with Gasteiger partial charge >= 0.3 is 0 Å². The van der Waals surface area contributed by atoms with Crippen LogP contribution >= 0.6 is 15.9 Å². The summed E-state index contributed by atoms with van der Waals surface area (Å²) in [5.41, 5.74) is 4.03. The molecule has 2 aromatic rings. The molecular weight excluding hydrogens is 296 g/mol. The molecule has 0 fully saturated rings. The van der Waals surface area contributed by atoms with E-state index in [0.29, 0.717) is 0 Å². The molecule has 0 aliphatic heterocycles. The van der Waals surface area contributed by atoms with Crippen molar-refractivity contribution in [1.82, 2.24) is 0 Å². The highest BCUT2D eigenvalue weighted by atomic mass is 79.9. The Morgan fingerprint density at radius 3 is 1.58 bits per heavy atom. The van der Waals surface area contributed by atoms with E-state index in [-0.39, 0.29) is 5.41 Å². The number of halogens is 1. The molecular formula is C18H19Br. The minimum absolute atomic E-state index is 0.216. The van der Waals surface area contributed by atoms with Gasteiger partial charge in [-0.3, -0.25) is 0 Å². The third-order valence-electron chi connectivity index (χ3n) is 3.11. The minimum atomic E-state index is 0.216. The van der Waals surface area contributed by atoms with Gasteiger partial charge in [0.1, 0.15) is 0 Å². The monoisotopic (exact) mass is 314 g/mol. The quantitative estimate of drug-likeness (QED) is 0.604. The van der Waals surface area contributed by atoms with Gasteiger partial charge in [-0.25, -0.2) is 0 Å². The van der Waals surface area contributed by atoms with E-state index in [9.17, 15) is 0 Å². The predicted molar refractivity (Wildman–Crippen MR) is 88.2 cm³/mol. The zero-order valence-electron chi connectivity index (χ0n) is 11.7. The van der Waals surface area contributed by atoms with E-state index in [4.69, 9.17) is 0 Å². The van der Waals surface area contributed by atoms with Gasteiger partial charge in [0, 0.05) is 4.47 Å². The van der Waals surface area contributed by atoms with Crippen molar-refractivity contribution in [2.24, 2.45) is 0 Å². The van der Waals surface area contributed by atoms with E-state index in [0.717, 1.165) is 4.47 Å². The molecule has 98 valence electrons. The van der Waals surface area contributed by atoms with Crippen molar-refractivity contribution in [2.75, 3.05) is 0 Å². The Balaban J connectivity index is 2.13. The lowest BCUT2D eigenvalue weighted by atomic mass is 9.87. The molecule has 1 heteroatoms. The minimum Gasteiger partial charge on any atom is -0.0579 e. The maximum Gasteiger partial charge on any atom is 0.0175 e. The maximum absolute atomic E-state index is 3.44. The molecule has 0 saturated carbocycles. The van der Waals surface area contributed by atoms with Crippen molar-refractivity contribution < 1.29 is 0 Å². The summed E-state index contributed by atoms with van der Waals surface area (Å²) in [6.45, 7) is 6.71. The molecule has 0 aliphatic carbocycles. The third kappa shape index (κ3) is 4.07. The Bertz CT molecular complexity index is 554. The van der Waals surface area contributed by atoms with Crippen molar-refractivity contribution in [3.8, 4) is 0 Å². The summed E-state index contributed by atoms with van der Waals surface area (Å²) in [7, 11) is 0. The van der Waals surface area contributed by atoms with Crippen LogP contribution in [0, 0.1) is 0 Å². The summed E-state index contributed by atoms with van der Waals surface area (Å²) in [6.07, 6.45) is 4.29. The molecule has 0 aliphatic rings. The van der Waals surface area contributed by atoms with Crippen molar-refractivity contribution in [1.29, 1.82) is 0 Å². The highest BCUT2D eigenvalue weighted by molar-refractivity contribution is 9.10. The molecule has 2 aromatic carbocycles. The van der Waals surface area contributed by atoms with Crippen LogP contribution in [0.1, 0.15) is 37.5 Å². The van der Waals surface area contributed by atoms with Crippen LogP contribution in [0.5, 0.6) is 0 Å². The number of hydrogen-bond donors (Lipinski definition) is 0. The van der Waals surface area contributed by atoms with Crippen LogP contribution in [0.2, 0.25) is 0 Å². The molecule has 0 amide bonds. The fourth-order valence-corrected chi connectivity index (χ4v) is 2.12. The molecule has 0 saturated heterocycles. The molecule has 0 atom stereocenters. The van der Waals surface area contributed by atoms with E-state index in [1.165, 1.54) is 16.7 Å². The maximum atomic E-state index is 3.44. The van der Waals surface area contributed by atoms with E-state index in [1.807, 2.05) is 0 Å². The van der Waals surface area contributed by atoms with Crippen molar-refractivity contribution in [3.63, 3.8) is 0 Å². The van der Waals surface area contributed by atoms with Crippen molar-refractivity contribution in [3.05, 3.63) is 69.7 Å². The Labute approximate surface area is 124 Å². The first kappa shape index (κ1) is 14.1. The average molecular weight is 315 g/mol. The zero-order valence-corrected chi connectivity index (χ0v) is 13.2. The SMILES string of the molecule is CC(C)(C)c1ccc(C=Cc2ccc(Br)cc2)cc1.